The Morgan fingerprint density at radius 1 is 0.958 bits per heavy atom. The van der Waals surface area contributed by atoms with Crippen molar-refractivity contribution in [3.05, 3.63) is 41.5 Å². The van der Waals surface area contributed by atoms with Crippen LogP contribution in [0.25, 0.3) is 0 Å². The Morgan fingerprint density at radius 2 is 1.62 bits per heavy atom. The van der Waals surface area contributed by atoms with Crippen LogP contribution in [0, 0.1) is 11.8 Å². The highest BCUT2D eigenvalue weighted by molar-refractivity contribution is 5.90. The number of carbonyl (C=O) groups is 2. The van der Waals surface area contributed by atoms with Crippen molar-refractivity contribution < 1.29 is 65.4 Å². The molecule has 7 rings (SSSR count). The average Bonchev–Trinajstić information content (AvgIpc) is 3.64. The first kappa shape index (κ1) is 32.5. The number of benzene rings is 2. The minimum absolute atomic E-state index is 0.0658. The number of fused-ring (bicyclic) bond motifs is 3. The molecule has 0 bridgehead atoms. The number of nitrogens with one attached hydrogen (secondary N) is 1. The highest BCUT2D eigenvalue weighted by Crippen LogP contribution is 2.50. The zero-order valence-corrected chi connectivity index (χ0v) is 25.6. The minimum Gasteiger partial charge on any atom is -0.492 e. The van der Waals surface area contributed by atoms with E-state index in [0.29, 0.717) is 36.8 Å². The lowest BCUT2D eigenvalue weighted by Crippen LogP contribution is -2.47. The molecule has 4 aliphatic heterocycles. The van der Waals surface area contributed by atoms with Crippen molar-refractivity contribution in [2.45, 2.75) is 81.5 Å². The Labute approximate surface area is 270 Å². The van der Waals surface area contributed by atoms with Gasteiger partial charge >= 0.3 is 12.7 Å². The summed E-state index contributed by atoms with van der Waals surface area (Å²) in [6, 6.07) is 5.47. The van der Waals surface area contributed by atoms with Gasteiger partial charge in [-0.15, -0.1) is 22.0 Å². The van der Waals surface area contributed by atoms with Gasteiger partial charge in [0.15, 0.2) is 11.5 Å². The van der Waals surface area contributed by atoms with Gasteiger partial charge in [0.2, 0.25) is 11.8 Å². The fourth-order valence-corrected chi connectivity index (χ4v) is 7.38. The summed E-state index contributed by atoms with van der Waals surface area (Å²) < 4.78 is 91.7. The minimum atomic E-state index is -4.94. The zero-order chi connectivity index (χ0) is 34.2. The van der Waals surface area contributed by atoms with Gasteiger partial charge < -0.3 is 44.1 Å². The first-order valence-corrected chi connectivity index (χ1v) is 15.7. The van der Waals surface area contributed by atoms with Gasteiger partial charge in [0.1, 0.15) is 35.4 Å². The van der Waals surface area contributed by atoms with Crippen molar-refractivity contribution in [3.63, 3.8) is 0 Å². The molecule has 2 aromatic rings. The molecule has 11 nitrogen and oxygen atoms in total. The van der Waals surface area contributed by atoms with Crippen molar-refractivity contribution in [1.82, 2.24) is 10.2 Å². The van der Waals surface area contributed by atoms with E-state index in [2.05, 4.69) is 19.5 Å². The largest absolute Gasteiger partial charge is 0.586 e. The lowest BCUT2D eigenvalue weighted by Gasteiger charge is -2.40. The molecule has 260 valence electrons. The average molecular weight is 685 g/mol. The number of ether oxygens (including phenoxy) is 5. The molecule has 5 atom stereocenters. The molecule has 1 aliphatic carbocycles. The van der Waals surface area contributed by atoms with Crippen LogP contribution >= 0.6 is 0 Å². The fourth-order valence-electron chi connectivity index (χ4n) is 7.38. The van der Waals surface area contributed by atoms with E-state index < -0.39 is 54.1 Å². The van der Waals surface area contributed by atoms with Crippen LogP contribution in [0.5, 0.6) is 28.7 Å². The van der Waals surface area contributed by atoms with Crippen LogP contribution in [0.15, 0.2) is 30.3 Å². The molecule has 4 heterocycles. The van der Waals surface area contributed by atoms with Crippen LogP contribution in [-0.4, -0.2) is 77.6 Å². The van der Waals surface area contributed by atoms with Gasteiger partial charge in [-0.3, -0.25) is 9.59 Å². The quantitative estimate of drug-likeness (QED) is 0.401. The molecule has 3 N–H and O–H groups in total. The predicted molar refractivity (Wildman–Crippen MR) is 153 cm³/mol. The molecule has 48 heavy (non-hydrogen) atoms. The SMILES string of the molecule is CC1(C(=O)N[C@@H]2C[C@H](C3CCC(C(=O)N4C[C@H](O)[C@@H](O)C4)CC3)Oc3cc(OC(F)(F)F)ccc32)COc2cc3c(cc21)OC(F)(F)O3. The molecule has 1 saturated carbocycles. The van der Waals surface area contributed by atoms with Crippen molar-refractivity contribution in [2.75, 3.05) is 19.7 Å². The van der Waals surface area contributed by atoms with Crippen molar-refractivity contribution in [2.24, 2.45) is 11.8 Å². The number of likely N-dealkylation sites (tertiary alicyclic amines) is 1. The summed E-state index contributed by atoms with van der Waals surface area (Å²) in [7, 11) is 0. The summed E-state index contributed by atoms with van der Waals surface area (Å²) in [6.45, 7) is 1.60. The summed E-state index contributed by atoms with van der Waals surface area (Å²) in [5.74, 6) is -1.75. The number of halogens is 5. The van der Waals surface area contributed by atoms with Crippen LogP contribution in [0.3, 0.4) is 0 Å². The molecule has 16 heteroatoms. The standard InChI is InChI=1S/C32H33F5N2O9/c1-30(14-44-25-11-27-26(9-19(25)30)47-32(36,37)48-27)29(43)38-20-10-23(45-24-8-17(6-7-18(20)24)46-31(33,34)35)15-2-4-16(5-3-15)28(42)39-12-21(40)22(41)13-39/h6-9,11,15-16,20-23,40-41H,2-5,10,12-14H2,1H3,(H,38,43)/t15?,16?,20-,21+,22+,23-,30?/m1/s1. The predicted octanol–water partition coefficient (Wildman–Crippen LogP) is 3.94. The van der Waals surface area contributed by atoms with Gasteiger partial charge in [-0.05, 0) is 56.7 Å². The fraction of sp³-hybridized carbons (Fsp3) is 0.562. The van der Waals surface area contributed by atoms with E-state index in [1.807, 2.05) is 0 Å². The Balaban J connectivity index is 1.10. The normalized spacial score (nSPS) is 31.7. The van der Waals surface area contributed by atoms with Crippen LogP contribution in [-0.2, 0) is 15.0 Å². The second kappa shape index (κ2) is 11.5. The monoisotopic (exact) mass is 684 g/mol. The summed E-state index contributed by atoms with van der Waals surface area (Å²) in [6.07, 6.45) is -8.91. The third-order valence-corrected chi connectivity index (χ3v) is 9.98. The lowest BCUT2D eigenvalue weighted by molar-refractivity contribution is -0.286. The summed E-state index contributed by atoms with van der Waals surface area (Å²) in [5.41, 5.74) is -0.607. The Kier molecular flexibility index (Phi) is 7.81. The van der Waals surface area contributed by atoms with Crippen molar-refractivity contribution >= 4 is 11.8 Å². The third kappa shape index (κ3) is 6.04. The van der Waals surface area contributed by atoms with E-state index in [1.54, 1.807) is 6.92 Å². The van der Waals surface area contributed by atoms with E-state index in [1.165, 1.54) is 23.1 Å². The third-order valence-electron chi connectivity index (χ3n) is 9.98. The molecule has 2 fully saturated rings. The maximum atomic E-state index is 14.0. The van der Waals surface area contributed by atoms with E-state index in [4.69, 9.17) is 9.47 Å². The Bertz CT molecular complexity index is 1600. The molecule has 0 aromatic heterocycles. The van der Waals surface area contributed by atoms with Crippen molar-refractivity contribution in [3.8, 4) is 28.7 Å². The van der Waals surface area contributed by atoms with E-state index in [0.717, 1.165) is 12.1 Å². The van der Waals surface area contributed by atoms with E-state index in [9.17, 15) is 41.8 Å². The molecule has 1 saturated heterocycles. The summed E-state index contributed by atoms with van der Waals surface area (Å²) in [4.78, 5) is 28.5. The number of hydrogen-bond acceptors (Lipinski definition) is 9. The number of carbonyl (C=O) groups excluding carboxylic acids is 2. The number of β-amino-alcohol motifs (C(OH)–C–C–N with tert-alkyl or cyclic N) is 2. The molecule has 0 spiro atoms. The number of rotatable bonds is 5. The maximum absolute atomic E-state index is 14.0. The highest BCUT2D eigenvalue weighted by atomic mass is 19.4. The van der Waals surface area contributed by atoms with Gasteiger partial charge in [0.25, 0.3) is 0 Å². The van der Waals surface area contributed by atoms with E-state index >= 15 is 0 Å². The number of nitrogens with zero attached hydrogens (tertiary/aromatic N) is 1. The Hall–Kier alpha value is -4.05. The first-order chi connectivity index (χ1) is 22.6. The molecule has 0 radical (unpaired) electrons. The molecule has 1 unspecified atom stereocenters. The summed E-state index contributed by atoms with van der Waals surface area (Å²) >= 11 is 0. The molecule has 2 amide bonds. The first-order valence-electron chi connectivity index (χ1n) is 15.7. The Morgan fingerprint density at radius 3 is 2.29 bits per heavy atom. The van der Waals surface area contributed by atoms with Gasteiger partial charge in [0, 0.05) is 48.7 Å². The molecule has 2 aromatic carbocycles. The summed E-state index contributed by atoms with van der Waals surface area (Å²) in [5, 5.41) is 22.7. The van der Waals surface area contributed by atoms with Crippen LogP contribution in [0.4, 0.5) is 22.0 Å². The second-order valence-corrected chi connectivity index (χ2v) is 13.2. The zero-order valence-electron chi connectivity index (χ0n) is 25.6. The van der Waals surface area contributed by atoms with Crippen LogP contribution in [0.2, 0.25) is 0 Å². The van der Waals surface area contributed by atoms with Crippen LogP contribution < -0.4 is 29.0 Å². The second-order valence-electron chi connectivity index (χ2n) is 13.2. The molecular weight excluding hydrogens is 651 g/mol. The number of aliphatic hydroxyl groups excluding tert-OH is 2. The van der Waals surface area contributed by atoms with Gasteiger partial charge in [0.05, 0.1) is 18.2 Å². The smallest absolute Gasteiger partial charge is 0.492 e. The number of alkyl halides is 5. The van der Waals surface area contributed by atoms with E-state index in [-0.39, 0.29) is 66.9 Å². The number of aliphatic hydroxyl groups is 2. The number of hydrogen-bond donors (Lipinski definition) is 3. The van der Waals surface area contributed by atoms with Crippen molar-refractivity contribution in [1.29, 1.82) is 0 Å². The molecular formula is C32H33F5N2O9. The van der Waals surface area contributed by atoms with Gasteiger partial charge in [-0.1, -0.05) is 0 Å². The highest BCUT2D eigenvalue weighted by Gasteiger charge is 2.50. The maximum Gasteiger partial charge on any atom is 0.586 e. The van der Waals surface area contributed by atoms with Gasteiger partial charge in [-0.2, -0.15) is 0 Å². The molecule has 5 aliphatic rings. The van der Waals surface area contributed by atoms with Gasteiger partial charge in [-0.25, -0.2) is 0 Å². The lowest BCUT2D eigenvalue weighted by atomic mass is 9.76. The number of amides is 2. The topological polar surface area (TPSA) is 136 Å². The van der Waals surface area contributed by atoms with Crippen LogP contribution in [0.1, 0.15) is 56.2 Å².